The summed E-state index contributed by atoms with van der Waals surface area (Å²) in [7, 11) is 1.58. The van der Waals surface area contributed by atoms with Crippen molar-refractivity contribution in [3.05, 3.63) is 75.7 Å². The van der Waals surface area contributed by atoms with Crippen LogP contribution in [0.5, 0.6) is 11.5 Å². The SMILES string of the molecule is CCc1cc2c(COC(=O)/C=C/c3ccc(OC)cc3)cc(=O)oc2cc1O. The fourth-order valence-corrected chi connectivity index (χ4v) is 2.79. The maximum Gasteiger partial charge on any atom is 0.336 e. The van der Waals surface area contributed by atoms with Crippen LogP contribution in [0.4, 0.5) is 0 Å². The molecular weight excluding hydrogens is 360 g/mol. The maximum absolute atomic E-state index is 12.0. The van der Waals surface area contributed by atoms with Gasteiger partial charge >= 0.3 is 11.6 Å². The van der Waals surface area contributed by atoms with Crippen LogP contribution in [0.1, 0.15) is 23.6 Å². The quantitative estimate of drug-likeness (QED) is 0.397. The Morgan fingerprint density at radius 2 is 1.89 bits per heavy atom. The first-order chi connectivity index (χ1) is 13.5. The number of phenolic OH excluding ortho intramolecular Hbond substituents is 1. The number of ether oxygens (including phenoxy) is 2. The average molecular weight is 380 g/mol. The van der Waals surface area contributed by atoms with E-state index in [2.05, 4.69) is 0 Å². The zero-order valence-electron chi connectivity index (χ0n) is 15.6. The van der Waals surface area contributed by atoms with Gasteiger partial charge in [-0.2, -0.15) is 0 Å². The fraction of sp³-hybridized carbons (Fsp3) is 0.182. The number of hydrogen-bond acceptors (Lipinski definition) is 6. The number of fused-ring (bicyclic) bond motifs is 1. The Morgan fingerprint density at radius 1 is 1.14 bits per heavy atom. The van der Waals surface area contributed by atoms with E-state index in [4.69, 9.17) is 13.9 Å². The zero-order valence-corrected chi connectivity index (χ0v) is 15.6. The van der Waals surface area contributed by atoms with Gasteiger partial charge in [0.1, 0.15) is 23.7 Å². The molecule has 0 saturated heterocycles. The normalized spacial score (nSPS) is 11.1. The number of esters is 1. The highest BCUT2D eigenvalue weighted by Gasteiger charge is 2.11. The molecule has 0 aliphatic carbocycles. The molecule has 0 unspecified atom stereocenters. The van der Waals surface area contributed by atoms with Crippen molar-refractivity contribution in [1.29, 1.82) is 0 Å². The summed E-state index contributed by atoms with van der Waals surface area (Å²) in [5.41, 5.74) is 1.74. The zero-order chi connectivity index (χ0) is 20.1. The van der Waals surface area contributed by atoms with Gasteiger partial charge in [0.05, 0.1) is 7.11 Å². The molecule has 0 amide bonds. The van der Waals surface area contributed by atoms with Gasteiger partial charge in [-0.3, -0.25) is 0 Å². The highest BCUT2D eigenvalue weighted by atomic mass is 16.5. The van der Waals surface area contributed by atoms with Gasteiger partial charge in [-0.25, -0.2) is 9.59 Å². The van der Waals surface area contributed by atoms with E-state index in [1.807, 2.05) is 19.1 Å². The molecule has 1 heterocycles. The van der Waals surface area contributed by atoms with Crippen LogP contribution >= 0.6 is 0 Å². The third-order valence-electron chi connectivity index (χ3n) is 4.31. The summed E-state index contributed by atoms with van der Waals surface area (Å²) in [6.45, 7) is 1.82. The number of hydrogen-bond donors (Lipinski definition) is 1. The highest BCUT2D eigenvalue weighted by Crippen LogP contribution is 2.27. The van der Waals surface area contributed by atoms with Gasteiger partial charge in [0, 0.05) is 29.2 Å². The topological polar surface area (TPSA) is 86.0 Å². The Labute approximate surface area is 161 Å². The molecule has 3 rings (SSSR count). The molecule has 0 aliphatic rings. The second kappa shape index (κ2) is 8.43. The second-order valence-electron chi connectivity index (χ2n) is 6.14. The third-order valence-corrected chi connectivity index (χ3v) is 4.31. The van der Waals surface area contributed by atoms with Crippen LogP contribution in [-0.2, 0) is 22.6 Å². The number of rotatable bonds is 6. The lowest BCUT2D eigenvalue weighted by Gasteiger charge is -2.08. The molecule has 3 aromatic rings. The molecule has 0 fully saturated rings. The molecule has 0 atom stereocenters. The number of benzene rings is 2. The summed E-state index contributed by atoms with van der Waals surface area (Å²) in [6, 6.07) is 11.7. The summed E-state index contributed by atoms with van der Waals surface area (Å²) < 4.78 is 15.5. The number of aromatic hydroxyl groups is 1. The Hall–Kier alpha value is -3.54. The molecule has 2 aromatic carbocycles. The second-order valence-corrected chi connectivity index (χ2v) is 6.14. The first-order valence-corrected chi connectivity index (χ1v) is 8.77. The lowest BCUT2D eigenvalue weighted by molar-refractivity contribution is -0.138. The standard InChI is InChI=1S/C22H20O6/c1-3-15-10-18-16(11-22(25)28-20(18)12-19(15)23)13-27-21(24)9-6-14-4-7-17(26-2)8-5-14/h4-12,23H,3,13H2,1-2H3/b9-6+. The molecule has 6 nitrogen and oxygen atoms in total. The number of carbonyl (C=O) groups is 1. The Morgan fingerprint density at radius 3 is 2.57 bits per heavy atom. The van der Waals surface area contributed by atoms with Crippen LogP contribution in [0.2, 0.25) is 0 Å². The molecule has 144 valence electrons. The van der Waals surface area contributed by atoms with Crippen molar-refractivity contribution in [1.82, 2.24) is 0 Å². The van der Waals surface area contributed by atoms with Gasteiger partial charge in [-0.1, -0.05) is 19.1 Å². The largest absolute Gasteiger partial charge is 0.508 e. The van der Waals surface area contributed by atoms with E-state index in [0.717, 1.165) is 11.3 Å². The van der Waals surface area contributed by atoms with Crippen LogP contribution in [0, 0.1) is 0 Å². The average Bonchev–Trinajstić information content (AvgIpc) is 2.70. The van der Waals surface area contributed by atoms with Crippen LogP contribution in [0.15, 0.2) is 57.8 Å². The van der Waals surface area contributed by atoms with Crippen molar-refractivity contribution in [2.45, 2.75) is 20.0 Å². The lowest BCUT2D eigenvalue weighted by atomic mass is 10.0. The predicted octanol–water partition coefficient (Wildman–Crippen LogP) is 3.83. The molecule has 0 radical (unpaired) electrons. The van der Waals surface area contributed by atoms with Crippen molar-refractivity contribution >= 4 is 23.0 Å². The number of phenols is 1. The summed E-state index contributed by atoms with van der Waals surface area (Å²) >= 11 is 0. The molecule has 28 heavy (non-hydrogen) atoms. The van der Waals surface area contributed by atoms with E-state index in [0.29, 0.717) is 22.9 Å². The van der Waals surface area contributed by atoms with Crippen molar-refractivity contribution in [2.75, 3.05) is 7.11 Å². The lowest BCUT2D eigenvalue weighted by Crippen LogP contribution is -2.06. The van der Waals surface area contributed by atoms with E-state index in [9.17, 15) is 14.7 Å². The minimum Gasteiger partial charge on any atom is -0.508 e. The van der Waals surface area contributed by atoms with Crippen molar-refractivity contribution in [3.8, 4) is 11.5 Å². The highest BCUT2D eigenvalue weighted by molar-refractivity contribution is 5.87. The van der Waals surface area contributed by atoms with Gasteiger partial charge < -0.3 is 19.0 Å². The minimum atomic E-state index is -0.573. The summed E-state index contributed by atoms with van der Waals surface area (Å²) in [5, 5.41) is 10.6. The molecule has 0 bridgehead atoms. The van der Waals surface area contributed by atoms with Crippen molar-refractivity contribution in [2.24, 2.45) is 0 Å². The fourth-order valence-electron chi connectivity index (χ4n) is 2.79. The first-order valence-electron chi connectivity index (χ1n) is 8.77. The van der Waals surface area contributed by atoms with Crippen LogP contribution < -0.4 is 10.4 Å². The van der Waals surface area contributed by atoms with E-state index in [1.54, 1.807) is 31.4 Å². The Bertz CT molecular complexity index is 1080. The van der Waals surface area contributed by atoms with Crippen molar-refractivity contribution < 1.29 is 23.8 Å². The molecule has 1 aromatic heterocycles. The van der Waals surface area contributed by atoms with Crippen LogP contribution in [0.3, 0.4) is 0 Å². The summed E-state index contributed by atoms with van der Waals surface area (Å²) in [5.74, 6) is 0.258. The van der Waals surface area contributed by atoms with Gasteiger partial charge in [0.15, 0.2) is 0 Å². The predicted molar refractivity (Wildman–Crippen MR) is 105 cm³/mol. The molecule has 1 N–H and O–H groups in total. The first kappa shape index (κ1) is 19.2. The van der Waals surface area contributed by atoms with Crippen LogP contribution in [0.25, 0.3) is 17.0 Å². The smallest absolute Gasteiger partial charge is 0.336 e. The third kappa shape index (κ3) is 4.40. The monoisotopic (exact) mass is 380 g/mol. The Kier molecular flexibility index (Phi) is 5.79. The van der Waals surface area contributed by atoms with Gasteiger partial charge in [-0.15, -0.1) is 0 Å². The number of carbonyl (C=O) groups excluding carboxylic acids is 1. The van der Waals surface area contributed by atoms with Crippen molar-refractivity contribution in [3.63, 3.8) is 0 Å². The minimum absolute atomic E-state index is 0.0646. The van der Waals surface area contributed by atoms with Gasteiger partial charge in [-0.05, 0) is 41.8 Å². The number of methoxy groups -OCH3 is 1. The molecule has 0 aliphatic heterocycles. The molecule has 6 heteroatoms. The maximum atomic E-state index is 12.0. The molecule has 0 spiro atoms. The molecular formula is C22H20O6. The van der Waals surface area contributed by atoms with Crippen LogP contribution in [-0.4, -0.2) is 18.2 Å². The van der Waals surface area contributed by atoms with Gasteiger partial charge in [0.25, 0.3) is 0 Å². The number of aryl methyl sites for hydroxylation is 1. The molecule has 0 saturated carbocycles. The van der Waals surface area contributed by atoms with E-state index in [-0.39, 0.29) is 17.9 Å². The van der Waals surface area contributed by atoms with E-state index in [1.165, 1.54) is 18.2 Å². The van der Waals surface area contributed by atoms with E-state index >= 15 is 0 Å². The van der Waals surface area contributed by atoms with E-state index < -0.39 is 11.6 Å². The summed E-state index contributed by atoms with van der Waals surface area (Å²) in [6.07, 6.45) is 3.57. The van der Waals surface area contributed by atoms with Gasteiger partial charge in [0.2, 0.25) is 0 Å². The Balaban J connectivity index is 1.75. The summed E-state index contributed by atoms with van der Waals surface area (Å²) in [4.78, 5) is 23.8.